The van der Waals surface area contributed by atoms with Crippen LogP contribution in [-0.4, -0.2) is 28.8 Å². The molecule has 2 bridgehead atoms. The topological polar surface area (TPSA) is 75.6 Å². The molecule has 3 aliphatic carbocycles. The zero-order valence-corrected chi connectivity index (χ0v) is 12.9. The Morgan fingerprint density at radius 1 is 1.25 bits per heavy atom. The lowest BCUT2D eigenvalue weighted by atomic mass is 9.45. The molecule has 3 rings (SSSR count). The van der Waals surface area contributed by atoms with E-state index in [2.05, 4.69) is 19.2 Å². The molecule has 0 heterocycles. The summed E-state index contributed by atoms with van der Waals surface area (Å²) in [6, 6.07) is -0.331. The molecule has 0 unspecified atom stereocenters. The van der Waals surface area contributed by atoms with Gasteiger partial charge in [0.15, 0.2) is 0 Å². The number of nitrogens with one attached hydrogen (secondary N) is 1. The Labute approximate surface area is 120 Å². The summed E-state index contributed by atoms with van der Waals surface area (Å²) in [5, 5.41) is 12.2. The third-order valence-electron chi connectivity index (χ3n) is 4.95. The van der Waals surface area contributed by atoms with Crippen LogP contribution in [0.25, 0.3) is 0 Å². The van der Waals surface area contributed by atoms with E-state index < -0.39 is 23.6 Å². The maximum atomic E-state index is 11.9. The summed E-state index contributed by atoms with van der Waals surface area (Å²) in [6.45, 7) is 9.71. The average molecular weight is 283 g/mol. The van der Waals surface area contributed by atoms with Crippen LogP contribution in [0.3, 0.4) is 0 Å². The summed E-state index contributed by atoms with van der Waals surface area (Å²) < 4.78 is 5.26. The maximum absolute atomic E-state index is 11.9. The van der Waals surface area contributed by atoms with E-state index >= 15 is 0 Å². The van der Waals surface area contributed by atoms with Gasteiger partial charge in [0.05, 0.1) is 5.92 Å². The molecular weight excluding hydrogens is 258 g/mol. The second-order valence-corrected chi connectivity index (χ2v) is 7.71. The van der Waals surface area contributed by atoms with Crippen molar-refractivity contribution in [2.24, 2.45) is 23.2 Å². The molecule has 0 aromatic rings. The molecule has 0 aromatic carbocycles. The molecule has 3 saturated carbocycles. The highest BCUT2D eigenvalue weighted by atomic mass is 16.6. The lowest BCUT2D eigenvalue weighted by Gasteiger charge is -2.61. The highest BCUT2D eigenvalue weighted by Gasteiger charge is 2.59. The number of carbonyl (C=O) groups excluding carboxylic acids is 1. The van der Waals surface area contributed by atoms with Crippen molar-refractivity contribution in [1.29, 1.82) is 0 Å². The highest BCUT2D eigenvalue weighted by molar-refractivity contribution is 5.74. The summed E-state index contributed by atoms with van der Waals surface area (Å²) in [5.74, 6) is -0.657. The fourth-order valence-electron chi connectivity index (χ4n) is 3.70. The first-order chi connectivity index (χ1) is 9.02. The van der Waals surface area contributed by atoms with Crippen molar-refractivity contribution in [3.8, 4) is 0 Å². The van der Waals surface area contributed by atoms with Crippen molar-refractivity contribution in [1.82, 2.24) is 5.32 Å². The van der Waals surface area contributed by atoms with E-state index in [1.165, 1.54) is 0 Å². The van der Waals surface area contributed by atoms with Crippen molar-refractivity contribution in [2.75, 3.05) is 0 Å². The van der Waals surface area contributed by atoms with E-state index in [-0.39, 0.29) is 17.4 Å². The summed E-state index contributed by atoms with van der Waals surface area (Å²) in [5.41, 5.74) is -0.471. The second-order valence-electron chi connectivity index (χ2n) is 7.71. The van der Waals surface area contributed by atoms with Crippen molar-refractivity contribution < 1.29 is 19.4 Å². The number of hydrogen-bond acceptors (Lipinski definition) is 3. The molecule has 3 fully saturated rings. The first-order valence-corrected chi connectivity index (χ1v) is 7.24. The fourth-order valence-corrected chi connectivity index (χ4v) is 3.70. The quantitative estimate of drug-likeness (QED) is 0.817. The minimum atomic E-state index is -0.823. The molecule has 2 N–H and O–H groups in total. The first-order valence-electron chi connectivity index (χ1n) is 7.24. The van der Waals surface area contributed by atoms with Gasteiger partial charge in [-0.3, -0.25) is 4.79 Å². The van der Waals surface area contributed by atoms with Gasteiger partial charge in [-0.2, -0.15) is 0 Å². The molecule has 5 nitrogen and oxygen atoms in total. The zero-order valence-electron chi connectivity index (χ0n) is 12.9. The number of carboxylic acid groups (broad SMARTS) is 1. The minimum Gasteiger partial charge on any atom is -0.481 e. The molecule has 0 aliphatic heterocycles. The van der Waals surface area contributed by atoms with E-state index in [4.69, 9.17) is 4.74 Å². The number of rotatable bonds is 2. The van der Waals surface area contributed by atoms with Gasteiger partial charge in [-0.25, -0.2) is 4.79 Å². The Balaban J connectivity index is 2.09. The SMILES string of the molecule is CC(C)(C)OC(=O)N[C@@H]1[C@@H](C(=O)O)C[C@@H]2C[C@H]1C2(C)C. The van der Waals surface area contributed by atoms with Gasteiger partial charge in [0.25, 0.3) is 0 Å². The van der Waals surface area contributed by atoms with Crippen molar-refractivity contribution in [3.05, 3.63) is 0 Å². The van der Waals surface area contributed by atoms with Gasteiger partial charge < -0.3 is 15.2 Å². The van der Waals surface area contributed by atoms with E-state index in [0.29, 0.717) is 12.3 Å². The number of carbonyl (C=O) groups is 2. The van der Waals surface area contributed by atoms with E-state index in [0.717, 1.165) is 6.42 Å². The van der Waals surface area contributed by atoms with Crippen LogP contribution in [0.2, 0.25) is 0 Å². The van der Waals surface area contributed by atoms with Crippen LogP contribution < -0.4 is 5.32 Å². The average Bonchev–Trinajstić information content (AvgIpc) is 2.25. The van der Waals surface area contributed by atoms with Crippen molar-refractivity contribution in [2.45, 2.75) is 59.1 Å². The third-order valence-corrected chi connectivity index (χ3v) is 4.95. The standard InChI is InChI=1S/C15H25NO4/c1-14(2,3)20-13(19)16-11-9(12(17)18)6-8-7-10(11)15(8,4)5/h8-11H,6-7H2,1-5H3,(H,16,19)(H,17,18)/t8-,9+,10-,11-/m1/s1. The van der Waals surface area contributed by atoms with Gasteiger partial charge in [0, 0.05) is 6.04 Å². The Morgan fingerprint density at radius 3 is 2.30 bits per heavy atom. The number of carboxylic acids is 1. The lowest BCUT2D eigenvalue weighted by Crippen LogP contribution is -2.65. The molecule has 20 heavy (non-hydrogen) atoms. The molecule has 0 spiro atoms. The summed E-state index contributed by atoms with van der Waals surface area (Å²) in [4.78, 5) is 23.4. The van der Waals surface area contributed by atoms with E-state index in [1.807, 2.05) is 0 Å². The molecule has 4 atom stereocenters. The molecule has 5 heteroatoms. The summed E-state index contributed by atoms with van der Waals surface area (Å²) in [7, 11) is 0. The van der Waals surface area contributed by atoms with Gasteiger partial charge in [-0.15, -0.1) is 0 Å². The molecular formula is C15H25NO4. The van der Waals surface area contributed by atoms with Crippen molar-refractivity contribution >= 4 is 12.1 Å². The second kappa shape index (κ2) is 4.64. The molecule has 0 aromatic heterocycles. The number of aliphatic carboxylic acids is 1. The monoisotopic (exact) mass is 283 g/mol. The number of amides is 1. The van der Waals surface area contributed by atoms with Crippen LogP contribution in [0.15, 0.2) is 0 Å². The Bertz CT molecular complexity index is 424. The number of alkyl carbamates (subject to hydrolysis) is 1. The summed E-state index contributed by atoms with van der Waals surface area (Å²) >= 11 is 0. The van der Waals surface area contributed by atoms with E-state index in [9.17, 15) is 14.7 Å². The highest BCUT2D eigenvalue weighted by Crippen LogP contribution is 2.60. The minimum absolute atomic E-state index is 0.103. The van der Waals surface area contributed by atoms with Crippen LogP contribution in [-0.2, 0) is 9.53 Å². The van der Waals surface area contributed by atoms with Gasteiger partial charge in [0.2, 0.25) is 0 Å². The van der Waals surface area contributed by atoms with E-state index in [1.54, 1.807) is 20.8 Å². The molecule has 3 aliphatic rings. The number of ether oxygens (including phenoxy) is 1. The maximum Gasteiger partial charge on any atom is 0.407 e. The largest absolute Gasteiger partial charge is 0.481 e. The lowest BCUT2D eigenvalue weighted by molar-refractivity contribution is -0.161. The van der Waals surface area contributed by atoms with Crippen LogP contribution in [0.5, 0.6) is 0 Å². The fraction of sp³-hybridized carbons (Fsp3) is 0.867. The van der Waals surface area contributed by atoms with Gasteiger partial charge in [-0.1, -0.05) is 13.8 Å². The third kappa shape index (κ3) is 2.63. The predicted molar refractivity (Wildman–Crippen MR) is 74.3 cm³/mol. The van der Waals surface area contributed by atoms with Gasteiger partial charge >= 0.3 is 12.1 Å². The van der Waals surface area contributed by atoms with Crippen LogP contribution >= 0.6 is 0 Å². The smallest absolute Gasteiger partial charge is 0.407 e. The van der Waals surface area contributed by atoms with Crippen LogP contribution in [0.4, 0.5) is 4.79 Å². The zero-order chi connectivity index (χ0) is 15.3. The van der Waals surface area contributed by atoms with Gasteiger partial charge in [-0.05, 0) is 50.9 Å². The normalized spacial score (nSPS) is 34.9. The van der Waals surface area contributed by atoms with Gasteiger partial charge in [0.1, 0.15) is 5.60 Å². The molecule has 1 amide bonds. The number of hydrogen-bond donors (Lipinski definition) is 2. The Hall–Kier alpha value is -1.26. The molecule has 0 saturated heterocycles. The van der Waals surface area contributed by atoms with Crippen LogP contribution in [0.1, 0.15) is 47.5 Å². The first kappa shape index (κ1) is 15.1. The Kier molecular flexibility index (Phi) is 3.51. The van der Waals surface area contributed by atoms with Crippen molar-refractivity contribution in [3.63, 3.8) is 0 Å². The number of fused-ring (bicyclic) bond motifs is 2. The summed E-state index contributed by atoms with van der Waals surface area (Å²) in [6.07, 6.45) is 1.12. The predicted octanol–water partition coefficient (Wildman–Crippen LogP) is 2.65. The molecule has 0 radical (unpaired) electrons. The Morgan fingerprint density at radius 2 is 1.85 bits per heavy atom. The van der Waals surface area contributed by atoms with Crippen LogP contribution in [0, 0.1) is 23.2 Å². The molecule has 114 valence electrons.